The summed E-state index contributed by atoms with van der Waals surface area (Å²) in [6.45, 7) is 7.16. The zero-order valence-corrected chi connectivity index (χ0v) is 9.39. The maximum absolute atomic E-state index is 11.6. The smallest absolute Gasteiger partial charge is 0.228 e. The Balaban J connectivity index is 2.23. The number of amides is 1. The predicted molar refractivity (Wildman–Crippen MR) is 55.8 cm³/mol. The van der Waals surface area contributed by atoms with Gasteiger partial charge in [-0.05, 0) is 24.7 Å². The van der Waals surface area contributed by atoms with Crippen LogP contribution in [0, 0.1) is 10.8 Å². The van der Waals surface area contributed by atoms with E-state index in [9.17, 15) is 4.79 Å². The Labute approximate surface area is 85.9 Å². The predicted octanol–water partition coefficient (Wildman–Crippen LogP) is 1.31. The molecular formula is C11H21NO2. The minimum atomic E-state index is -0.419. The van der Waals surface area contributed by atoms with Crippen LogP contribution >= 0.6 is 0 Å². The molecule has 1 amide bonds. The fourth-order valence-corrected chi connectivity index (χ4v) is 1.35. The Kier molecular flexibility index (Phi) is 3.20. The molecular weight excluding hydrogens is 178 g/mol. The highest BCUT2D eigenvalue weighted by atomic mass is 16.3. The van der Waals surface area contributed by atoms with Gasteiger partial charge in [0.05, 0.1) is 12.0 Å². The van der Waals surface area contributed by atoms with E-state index in [1.165, 1.54) is 0 Å². The summed E-state index contributed by atoms with van der Waals surface area (Å²) in [5.41, 5.74) is -0.166. The maximum atomic E-state index is 11.6. The normalized spacial score (nSPS) is 19.1. The third kappa shape index (κ3) is 2.98. The van der Waals surface area contributed by atoms with Crippen LogP contribution in [0.15, 0.2) is 0 Å². The second kappa shape index (κ2) is 3.89. The van der Waals surface area contributed by atoms with Gasteiger partial charge in [-0.15, -0.1) is 0 Å². The van der Waals surface area contributed by atoms with Gasteiger partial charge in [0.25, 0.3) is 0 Å². The summed E-state index contributed by atoms with van der Waals surface area (Å²) in [7, 11) is 0. The molecule has 0 radical (unpaired) electrons. The topological polar surface area (TPSA) is 49.3 Å². The van der Waals surface area contributed by atoms with Gasteiger partial charge in [-0.3, -0.25) is 4.79 Å². The molecule has 0 aromatic carbocycles. The number of hydrogen-bond donors (Lipinski definition) is 2. The number of carbonyl (C=O) groups is 1. The zero-order valence-electron chi connectivity index (χ0n) is 9.39. The van der Waals surface area contributed by atoms with E-state index in [1.807, 2.05) is 0 Å². The third-order valence-electron chi connectivity index (χ3n) is 2.80. The average molecular weight is 199 g/mol. The molecule has 0 aromatic heterocycles. The van der Waals surface area contributed by atoms with Gasteiger partial charge in [0.15, 0.2) is 0 Å². The van der Waals surface area contributed by atoms with Crippen LogP contribution in [-0.2, 0) is 4.79 Å². The summed E-state index contributed by atoms with van der Waals surface area (Å²) >= 11 is 0. The van der Waals surface area contributed by atoms with Crippen LogP contribution < -0.4 is 5.32 Å². The first-order valence-corrected chi connectivity index (χ1v) is 5.29. The summed E-state index contributed by atoms with van der Waals surface area (Å²) < 4.78 is 0. The largest absolute Gasteiger partial charge is 0.395 e. The molecule has 1 rings (SSSR count). The second-order valence-corrected chi connectivity index (χ2v) is 5.51. The second-order valence-electron chi connectivity index (χ2n) is 5.51. The van der Waals surface area contributed by atoms with Crippen LogP contribution in [0.2, 0.25) is 0 Å². The van der Waals surface area contributed by atoms with Gasteiger partial charge in [0, 0.05) is 6.54 Å². The van der Waals surface area contributed by atoms with E-state index in [0.717, 1.165) is 19.3 Å². The molecule has 1 fully saturated rings. The van der Waals surface area contributed by atoms with E-state index < -0.39 is 5.41 Å². The number of aliphatic hydroxyl groups is 1. The van der Waals surface area contributed by atoms with Crippen molar-refractivity contribution in [1.29, 1.82) is 0 Å². The Bertz CT molecular complexity index is 214. The Morgan fingerprint density at radius 1 is 1.43 bits per heavy atom. The monoisotopic (exact) mass is 199 g/mol. The van der Waals surface area contributed by atoms with Gasteiger partial charge >= 0.3 is 0 Å². The van der Waals surface area contributed by atoms with E-state index in [-0.39, 0.29) is 17.9 Å². The van der Waals surface area contributed by atoms with Crippen molar-refractivity contribution in [2.75, 3.05) is 13.2 Å². The van der Waals surface area contributed by atoms with Crippen LogP contribution in [0.3, 0.4) is 0 Å². The molecule has 14 heavy (non-hydrogen) atoms. The standard InChI is InChI=1S/C11H21NO2/c1-10(2,3)6-7-12-9(14)11(8-13)4-5-11/h13H,4-8H2,1-3H3,(H,12,14). The van der Waals surface area contributed by atoms with E-state index in [2.05, 4.69) is 26.1 Å². The quantitative estimate of drug-likeness (QED) is 0.717. The molecule has 2 N–H and O–H groups in total. The SMILES string of the molecule is CC(C)(C)CCNC(=O)C1(CO)CC1. The molecule has 3 heteroatoms. The molecule has 0 atom stereocenters. The minimum Gasteiger partial charge on any atom is -0.395 e. The number of rotatable bonds is 4. The van der Waals surface area contributed by atoms with Gasteiger partial charge < -0.3 is 10.4 Å². The Morgan fingerprint density at radius 3 is 2.36 bits per heavy atom. The summed E-state index contributed by atoms with van der Waals surface area (Å²) in [6.07, 6.45) is 2.65. The van der Waals surface area contributed by atoms with Gasteiger partial charge in [-0.25, -0.2) is 0 Å². The number of aliphatic hydroxyl groups excluding tert-OH is 1. The van der Waals surface area contributed by atoms with Crippen LogP contribution in [0.1, 0.15) is 40.0 Å². The maximum Gasteiger partial charge on any atom is 0.228 e. The molecule has 1 saturated carbocycles. The van der Waals surface area contributed by atoms with E-state index in [0.29, 0.717) is 6.54 Å². The lowest BCUT2D eigenvalue weighted by Gasteiger charge is -2.19. The lowest BCUT2D eigenvalue weighted by Crippen LogP contribution is -2.35. The summed E-state index contributed by atoms with van der Waals surface area (Å²) in [4.78, 5) is 11.6. The highest BCUT2D eigenvalue weighted by Crippen LogP contribution is 2.45. The zero-order chi connectivity index (χ0) is 10.8. The molecule has 3 nitrogen and oxygen atoms in total. The lowest BCUT2D eigenvalue weighted by molar-refractivity contribution is -0.127. The highest BCUT2D eigenvalue weighted by Gasteiger charge is 2.49. The van der Waals surface area contributed by atoms with Crippen LogP contribution in [0.4, 0.5) is 0 Å². The molecule has 0 spiro atoms. The van der Waals surface area contributed by atoms with Crippen LogP contribution in [0.25, 0.3) is 0 Å². The molecule has 0 saturated heterocycles. The minimum absolute atomic E-state index is 0.00560. The third-order valence-corrected chi connectivity index (χ3v) is 2.80. The van der Waals surface area contributed by atoms with Gasteiger partial charge in [0.1, 0.15) is 0 Å². The van der Waals surface area contributed by atoms with Crippen LogP contribution in [-0.4, -0.2) is 24.2 Å². The first-order chi connectivity index (χ1) is 6.40. The van der Waals surface area contributed by atoms with Crippen molar-refractivity contribution in [3.05, 3.63) is 0 Å². The van der Waals surface area contributed by atoms with E-state index in [4.69, 9.17) is 5.11 Å². The van der Waals surface area contributed by atoms with Gasteiger partial charge in [-0.1, -0.05) is 20.8 Å². The summed E-state index contributed by atoms with van der Waals surface area (Å²) in [5.74, 6) is 0.0317. The van der Waals surface area contributed by atoms with Crippen molar-refractivity contribution in [3.63, 3.8) is 0 Å². The van der Waals surface area contributed by atoms with Crippen molar-refractivity contribution >= 4 is 5.91 Å². The van der Waals surface area contributed by atoms with Crippen molar-refractivity contribution < 1.29 is 9.90 Å². The van der Waals surface area contributed by atoms with Crippen molar-refractivity contribution in [3.8, 4) is 0 Å². The molecule has 0 aromatic rings. The lowest BCUT2D eigenvalue weighted by atomic mass is 9.92. The van der Waals surface area contributed by atoms with Gasteiger partial charge in [-0.2, -0.15) is 0 Å². The Hall–Kier alpha value is -0.570. The van der Waals surface area contributed by atoms with E-state index in [1.54, 1.807) is 0 Å². The number of nitrogens with one attached hydrogen (secondary N) is 1. The van der Waals surface area contributed by atoms with E-state index >= 15 is 0 Å². The average Bonchev–Trinajstić information content (AvgIpc) is 2.81. The first-order valence-electron chi connectivity index (χ1n) is 5.29. The van der Waals surface area contributed by atoms with Gasteiger partial charge in [0.2, 0.25) is 5.91 Å². The van der Waals surface area contributed by atoms with Crippen molar-refractivity contribution in [2.24, 2.45) is 10.8 Å². The molecule has 0 bridgehead atoms. The van der Waals surface area contributed by atoms with Crippen molar-refractivity contribution in [1.82, 2.24) is 5.32 Å². The molecule has 82 valence electrons. The fourth-order valence-electron chi connectivity index (χ4n) is 1.35. The molecule has 0 unspecified atom stereocenters. The first kappa shape index (κ1) is 11.5. The molecule has 1 aliphatic rings. The number of hydrogen-bond acceptors (Lipinski definition) is 2. The van der Waals surface area contributed by atoms with Crippen molar-refractivity contribution in [2.45, 2.75) is 40.0 Å². The summed E-state index contributed by atoms with van der Waals surface area (Å²) in [5, 5.41) is 11.9. The Morgan fingerprint density at radius 2 is 2.00 bits per heavy atom. The number of carbonyl (C=O) groups excluding carboxylic acids is 1. The molecule has 0 heterocycles. The molecule has 1 aliphatic carbocycles. The molecule has 0 aliphatic heterocycles. The van der Waals surface area contributed by atoms with Crippen LogP contribution in [0.5, 0.6) is 0 Å². The fraction of sp³-hybridized carbons (Fsp3) is 0.909. The summed E-state index contributed by atoms with van der Waals surface area (Å²) in [6, 6.07) is 0. The highest BCUT2D eigenvalue weighted by molar-refractivity contribution is 5.85.